The van der Waals surface area contributed by atoms with Crippen LogP contribution in [0.25, 0.3) is 0 Å². The lowest BCUT2D eigenvalue weighted by Crippen LogP contribution is -2.46. The summed E-state index contributed by atoms with van der Waals surface area (Å²) in [6.07, 6.45) is 1.13. The summed E-state index contributed by atoms with van der Waals surface area (Å²) in [6.45, 7) is 2.97. The van der Waals surface area contributed by atoms with Gasteiger partial charge < -0.3 is 15.7 Å². The van der Waals surface area contributed by atoms with Crippen LogP contribution in [-0.2, 0) is 14.4 Å². The number of carboxylic acid groups (broad SMARTS) is 1. The van der Waals surface area contributed by atoms with Crippen molar-refractivity contribution < 1.29 is 19.5 Å². The van der Waals surface area contributed by atoms with Gasteiger partial charge in [-0.25, -0.2) is 0 Å². The average Bonchev–Trinajstić information content (AvgIpc) is 2.60. The largest absolute Gasteiger partial charge is 0.480 e. The fourth-order valence-electron chi connectivity index (χ4n) is 1.36. The summed E-state index contributed by atoms with van der Waals surface area (Å²) in [5.41, 5.74) is -1.44. The van der Waals surface area contributed by atoms with Crippen molar-refractivity contribution in [1.29, 1.82) is 0 Å². The Kier molecular flexibility index (Phi) is 3.51. The van der Waals surface area contributed by atoms with Crippen molar-refractivity contribution in [2.24, 2.45) is 5.41 Å². The summed E-state index contributed by atoms with van der Waals surface area (Å²) in [5, 5.41) is 14.0. The molecule has 1 aliphatic heterocycles. The molecule has 0 radical (unpaired) electrons. The second-order valence-corrected chi connectivity index (χ2v) is 4.44. The Balaban J connectivity index is 2.41. The fourth-order valence-corrected chi connectivity index (χ4v) is 1.36. The van der Waals surface area contributed by atoms with E-state index in [1.807, 2.05) is 0 Å². The Morgan fingerprint density at radius 2 is 2.19 bits per heavy atom. The average molecular weight is 228 g/mol. The molecule has 6 heteroatoms. The highest BCUT2D eigenvalue weighted by atomic mass is 16.4. The third-order valence-electron chi connectivity index (χ3n) is 2.70. The van der Waals surface area contributed by atoms with Crippen LogP contribution < -0.4 is 10.6 Å². The lowest BCUT2D eigenvalue weighted by molar-refractivity contribution is -0.153. The Morgan fingerprint density at radius 3 is 2.62 bits per heavy atom. The molecule has 0 bridgehead atoms. The number of amides is 2. The summed E-state index contributed by atoms with van der Waals surface area (Å²) in [6, 6.07) is -0.0824. The summed E-state index contributed by atoms with van der Waals surface area (Å²) in [5.74, 6) is -1.74. The van der Waals surface area contributed by atoms with E-state index >= 15 is 0 Å². The lowest BCUT2D eigenvalue weighted by Gasteiger charge is -2.20. The van der Waals surface area contributed by atoms with E-state index in [-0.39, 0.29) is 18.5 Å². The first-order valence-corrected chi connectivity index (χ1v) is 5.15. The molecule has 16 heavy (non-hydrogen) atoms. The van der Waals surface area contributed by atoms with Gasteiger partial charge in [0.1, 0.15) is 5.41 Å². The van der Waals surface area contributed by atoms with Crippen LogP contribution in [-0.4, -0.2) is 35.5 Å². The molecule has 0 aromatic carbocycles. The third kappa shape index (κ3) is 2.71. The van der Waals surface area contributed by atoms with E-state index in [2.05, 4.69) is 10.6 Å². The molecule has 1 heterocycles. The molecule has 1 rings (SSSR count). The van der Waals surface area contributed by atoms with Crippen LogP contribution in [0.4, 0.5) is 0 Å². The van der Waals surface area contributed by atoms with Gasteiger partial charge in [0, 0.05) is 19.0 Å². The topological polar surface area (TPSA) is 95.5 Å². The molecule has 3 N–H and O–H groups in total. The zero-order chi connectivity index (χ0) is 12.3. The lowest BCUT2D eigenvalue weighted by atomic mass is 9.92. The molecule has 1 saturated heterocycles. The van der Waals surface area contributed by atoms with Crippen molar-refractivity contribution in [2.75, 3.05) is 6.54 Å². The van der Waals surface area contributed by atoms with Crippen molar-refractivity contribution in [3.05, 3.63) is 0 Å². The van der Waals surface area contributed by atoms with E-state index in [0.717, 1.165) is 0 Å². The fraction of sp³-hybridized carbons (Fsp3) is 0.700. The predicted octanol–water partition coefficient (Wildman–Crippen LogP) is -0.508. The Bertz CT molecular complexity index is 325. The molecule has 0 saturated carbocycles. The maximum atomic E-state index is 11.5. The maximum Gasteiger partial charge on any atom is 0.318 e. The first-order chi connectivity index (χ1) is 7.34. The van der Waals surface area contributed by atoms with Crippen LogP contribution >= 0.6 is 0 Å². The Morgan fingerprint density at radius 1 is 1.56 bits per heavy atom. The molecule has 1 aliphatic rings. The molecule has 90 valence electrons. The van der Waals surface area contributed by atoms with Crippen molar-refractivity contribution in [1.82, 2.24) is 10.6 Å². The highest BCUT2D eigenvalue weighted by molar-refractivity contribution is 6.00. The van der Waals surface area contributed by atoms with Crippen LogP contribution in [0.15, 0.2) is 0 Å². The van der Waals surface area contributed by atoms with Gasteiger partial charge in [-0.05, 0) is 20.3 Å². The van der Waals surface area contributed by atoms with Gasteiger partial charge in [-0.15, -0.1) is 0 Å². The van der Waals surface area contributed by atoms with Gasteiger partial charge in [0.15, 0.2) is 0 Å². The monoisotopic (exact) mass is 228 g/mol. The first kappa shape index (κ1) is 12.5. The standard InChI is InChI=1S/C10H16N2O4/c1-10(2,9(15)16)8(14)11-5-6-3-4-7(13)12-6/h6H,3-5H2,1-2H3,(H,11,14)(H,12,13)(H,15,16). The maximum absolute atomic E-state index is 11.5. The van der Waals surface area contributed by atoms with Gasteiger partial charge in [-0.1, -0.05) is 0 Å². The van der Waals surface area contributed by atoms with Gasteiger partial charge in [0.2, 0.25) is 11.8 Å². The number of carbonyl (C=O) groups excluding carboxylic acids is 2. The molecular weight excluding hydrogens is 212 g/mol. The Labute approximate surface area is 93.4 Å². The minimum atomic E-state index is -1.44. The first-order valence-electron chi connectivity index (χ1n) is 5.15. The third-order valence-corrected chi connectivity index (χ3v) is 2.70. The van der Waals surface area contributed by atoms with Gasteiger partial charge in [-0.3, -0.25) is 14.4 Å². The van der Waals surface area contributed by atoms with Crippen molar-refractivity contribution in [3.63, 3.8) is 0 Å². The number of nitrogens with one attached hydrogen (secondary N) is 2. The molecule has 0 aliphatic carbocycles. The normalized spacial score (nSPS) is 20.4. The van der Waals surface area contributed by atoms with Crippen molar-refractivity contribution in [2.45, 2.75) is 32.7 Å². The number of rotatable bonds is 4. The summed E-state index contributed by atoms with van der Waals surface area (Å²) in [7, 11) is 0. The van der Waals surface area contributed by atoms with Crippen LogP contribution in [0.3, 0.4) is 0 Å². The van der Waals surface area contributed by atoms with Gasteiger partial charge in [0.25, 0.3) is 0 Å². The molecular formula is C10H16N2O4. The van der Waals surface area contributed by atoms with E-state index in [0.29, 0.717) is 12.8 Å². The molecule has 0 spiro atoms. The number of carboxylic acids is 1. The van der Waals surface area contributed by atoms with Crippen LogP contribution in [0.1, 0.15) is 26.7 Å². The molecule has 1 unspecified atom stereocenters. The minimum absolute atomic E-state index is 0.0308. The van der Waals surface area contributed by atoms with Gasteiger partial charge in [-0.2, -0.15) is 0 Å². The van der Waals surface area contributed by atoms with E-state index in [9.17, 15) is 14.4 Å². The summed E-state index contributed by atoms with van der Waals surface area (Å²) >= 11 is 0. The molecule has 0 aromatic heterocycles. The highest BCUT2D eigenvalue weighted by Gasteiger charge is 2.36. The summed E-state index contributed by atoms with van der Waals surface area (Å²) in [4.78, 5) is 33.2. The Hall–Kier alpha value is -1.59. The van der Waals surface area contributed by atoms with E-state index < -0.39 is 17.3 Å². The van der Waals surface area contributed by atoms with Gasteiger partial charge in [0.05, 0.1) is 0 Å². The molecule has 2 amide bonds. The van der Waals surface area contributed by atoms with Crippen LogP contribution in [0, 0.1) is 5.41 Å². The van der Waals surface area contributed by atoms with Gasteiger partial charge >= 0.3 is 5.97 Å². The van der Waals surface area contributed by atoms with Crippen molar-refractivity contribution in [3.8, 4) is 0 Å². The summed E-state index contributed by atoms with van der Waals surface area (Å²) < 4.78 is 0. The molecule has 1 atom stereocenters. The molecule has 1 fully saturated rings. The zero-order valence-electron chi connectivity index (χ0n) is 9.37. The SMILES string of the molecule is CC(C)(C(=O)O)C(=O)NCC1CCC(=O)N1. The van der Waals surface area contributed by atoms with E-state index in [4.69, 9.17) is 5.11 Å². The smallest absolute Gasteiger partial charge is 0.318 e. The quantitative estimate of drug-likeness (QED) is 0.565. The predicted molar refractivity (Wildman–Crippen MR) is 55.6 cm³/mol. The van der Waals surface area contributed by atoms with Crippen LogP contribution in [0.2, 0.25) is 0 Å². The number of aliphatic carboxylic acids is 1. The second-order valence-electron chi connectivity index (χ2n) is 4.44. The minimum Gasteiger partial charge on any atom is -0.480 e. The molecule has 6 nitrogen and oxygen atoms in total. The number of hydrogen-bond donors (Lipinski definition) is 3. The van der Waals surface area contributed by atoms with Crippen LogP contribution in [0.5, 0.6) is 0 Å². The molecule has 0 aromatic rings. The highest BCUT2D eigenvalue weighted by Crippen LogP contribution is 2.15. The number of hydrogen-bond acceptors (Lipinski definition) is 3. The zero-order valence-corrected chi connectivity index (χ0v) is 9.37. The second kappa shape index (κ2) is 4.51. The van der Waals surface area contributed by atoms with E-state index in [1.165, 1.54) is 13.8 Å². The van der Waals surface area contributed by atoms with Crippen molar-refractivity contribution >= 4 is 17.8 Å². The number of carbonyl (C=O) groups is 3. The van der Waals surface area contributed by atoms with E-state index in [1.54, 1.807) is 0 Å².